The summed E-state index contributed by atoms with van der Waals surface area (Å²) in [5, 5.41) is 14.8. The van der Waals surface area contributed by atoms with E-state index in [-0.39, 0.29) is 11.5 Å². The third kappa shape index (κ3) is 3.57. The fourth-order valence-corrected chi connectivity index (χ4v) is 3.50. The zero-order chi connectivity index (χ0) is 18.8. The van der Waals surface area contributed by atoms with Gasteiger partial charge in [0.1, 0.15) is 19.5 Å². The maximum absolute atomic E-state index is 11.8. The van der Waals surface area contributed by atoms with Crippen LogP contribution in [0.15, 0.2) is 24.5 Å². The third-order valence-electron chi connectivity index (χ3n) is 4.75. The van der Waals surface area contributed by atoms with E-state index in [4.69, 9.17) is 9.47 Å². The second-order valence-electron chi connectivity index (χ2n) is 6.83. The van der Waals surface area contributed by atoms with Gasteiger partial charge in [0.25, 0.3) is 0 Å². The summed E-state index contributed by atoms with van der Waals surface area (Å²) in [7, 11) is 0. The molecule has 9 heteroatoms. The Hall–Kier alpha value is -3.10. The molecule has 1 fully saturated rings. The molecule has 1 N–H and O–H groups in total. The zero-order valence-corrected chi connectivity index (χ0v) is 15.1. The van der Waals surface area contributed by atoms with Gasteiger partial charge in [-0.05, 0) is 30.9 Å². The van der Waals surface area contributed by atoms with Gasteiger partial charge in [-0.15, -0.1) is 0 Å². The number of aromatic nitrogens is 2. The van der Waals surface area contributed by atoms with Gasteiger partial charge in [-0.3, -0.25) is 10.1 Å². The first kappa shape index (κ1) is 17.3. The number of ether oxygens (including phenoxy) is 2. The molecule has 3 heterocycles. The summed E-state index contributed by atoms with van der Waals surface area (Å²) in [4.78, 5) is 21.7. The monoisotopic (exact) mass is 371 g/mol. The number of nitro groups is 1. The minimum atomic E-state index is -0.422. The van der Waals surface area contributed by atoms with Crippen molar-refractivity contribution in [3.8, 4) is 11.5 Å². The van der Waals surface area contributed by atoms with Gasteiger partial charge in [0, 0.05) is 24.8 Å². The number of hydrogen-bond acceptors (Lipinski definition) is 8. The van der Waals surface area contributed by atoms with Gasteiger partial charge < -0.3 is 19.7 Å². The highest BCUT2D eigenvalue weighted by atomic mass is 16.6. The maximum atomic E-state index is 11.8. The van der Waals surface area contributed by atoms with Gasteiger partial charge in [0.2, 0.25) is 11.6 Å². The van der Waals surface area contributed by atoms with Crippen LogP contribution >= 0.6 is 0 Å². The highest BCUT2D eigenvalue weighted by Gasteiger charge is 2.29. The first-order valence-electron chi connectivity index (χ1n) is 9.03. The Balaban J connectivity index is 1.66. The lowest BCUT2D eigenvalue weighted by Gasteiger charge is -2.31. The molecule has 1 unspecified atom stereocenters. The topological polar surface area (TPSA) is 103 Å². The van der Waals surface area contributed by atoms with E-state index in [1.54, 1.807) is 18.2 Å². The standard InChI is InChI=1S/C18H21N5O4/c1-12-3-2-6-22(10-12)18-16(23(24)25)17(19-11-20-18)21-13-4-5-14-15(9-13)27-8-7-26-14/h4-5,9,11-12H,2-3,6-8,10H2,1H3,(H,19,20,21). The fourth-order valence-electron chi connectivity index (χ4n) is 3.50. The Labute approximate surface area is 156 Å². The zero-order valence-electron chi connectivity index (χ0n) is 15.1. The van der Waals surface area contributed by atoms with E-state index in [2.05, 4.69) is 22.2 Å². The van der Waals surface area contributed by atoms with Crippen molar-refractivity contribution in [3.63, 3.8) is 0 Å². The van der Waals surface area contributed by atoms with Gasteiger partial charge in [-0.2, -0.15) is 0 Å². The molecule has 0 spiro atoms. The molecule has 4 rings (SSSR count). The largest absolute Gasteiger partial charge is 0.486 e. The van der Waals surface area contributed by atoms with Gasteiger partial charge in [0.15, 0.2) is 11.5 Å². The molecule has 2 aliphatic heterocycles. The second kappa shape index (κ2) is 7.26. The molecular formula is C18H21N5O4. The van der Waals surface area contributed by atoms with Gasteiger partial charge >= 0.3 is 5.69 Å². The summed E-state index contributed by atoms with van der Waals surface area (Å²) in [6.45, 7) is 4.64. The van der Waals surface area contributed by atoms with Crippen molar-refractivity contribution in [3.05, 3.63) is 34.6 Å². The van der Waals surface area contributed by atoms with Crippen LogP contribution in [0.25, 0.3) is 0 Å². The Bertz CT molecular complexity index is 860. The first-order chi connectivity index (χ1) is 13.1. The molecular weight excluding hydrogens is 350 g/mol. The molecule has 9 nitrogen and oxygen atoms in total. The van der Waals surface area contributed by atoms with Gasteiger partial charge in [-0.1, -0.05) is 6.92 Å². The minimum Gasteiger partial charge on any atom is -0.486 e. The highest BCUT2D eigenvalue weighted by Crippen LogP contribution is 2.37. The third-order valence-corrected chi connectivity index (χ3v) is 4.75. The average Bonchev–Trinajstić information content (AvgIpc) is 2.67. The van der Waals surface area contributed by atoms with Crippen LogP contribution in [-0.2, 0) is 0 Å². The maximum Gasteiger partial charge on any atom is 0.353 e. The molecule has 1 atom stereocenters. The molecule has 0 radical (unpaired) electrons. The molecule has 1 aromatic carbocycles. The minimum absolute atomic E-state index is 0.110. The molecule has 142 valence electrons. The van der Waals surface area contributed by atoms with Crippen LogP contribution in [-0.4, -0.2) is 41.2 Å². The van der Waals surface area contributed by atoms with Crippen molar-refractivity contribution < 1.29 is 14.4 Å². The smallest absolute Gasteiger partial charge is 0.353 e. The molecule has 0 amide bonds. The van der Waals surface area contributed by atoms with Crippen molar-refractivity contribution in [1.82, 2.24) is 9.97 Å². The number of benzene rings is 1. The van der Waals surface area contributed by atoms with Crippen LogP contribution in [0, 0.1) is 16.0 Å². The second-order valence-corrected chi connectivity index (χ2v) is 6.83. The number of rotatable bonds is 4. The number of nitrogens with zero attached hydrogens (tertiary/aromatic N) is 4. The lowest BCUT2D eigenvalue weighted by molar-refractivity contribution is -0.383. The van der Waals surface area contributed by atoms with Gasteiger partial charge in [0.05, 0.1) is 4.92 Å². The predicted molar refractivity (Wildman–Crippen MR) is 100 cm³/mol. The van der Waals surface area contributed by atoms with E-state index in [0.717, 1.165) is 25.9 Å². The Morgan fingerprint density at radius 1 is 1.26 bits per heavy atom. The van der Waals surface area contributed by atoms with Crippen molar-refractivity contribution in [1.29, 1.82) is 0 Å². The van der Waals surface area contributed by atoms with Crippen LogP contribution in [0.3, 0.4) is 0 Å². The van der Waals surface area contributed by atoms with Gasteiger partial charge in [-0.25, -0.2) is 9.97 Å². The van der Waals surface area contributed by atoms with E-state index in [1.165, 1.54) is 6.33 Å². The Morgan fingerprint density at radius 3 is 2.85 bits per heavy atom. The molecule has 0 aliphatic carbocycles. The fraction of sp³-hybridized carbons (Fsp3) is 0.444. The lowest BCUT2D eigenvalue weighted by Crippen LogP contribution is -2.35. The summed E-state index contributed by atoms with van der Waals surface area (Å²) in [5.41, 5.74) is 0.528. The van der Waals surface area contributed by atoms with Crippen molar-refractivity contribution >= 4 is 23.0 Å². The van der Waals surface area contributed by atoms with E-state index in [1.807, 2.05) is 4.90 Å². The van der Waals surface area contributed by atoms with Crippen LogP contribution in [0.1, 0.15) is 19.8 Å². The average molecular weight is 371 g/mol. The summed E-state index contributed by atoms with van der Waals surface area (Å²) >= 11 is 0. The molecule has 0 saturated carbocycles. The van der Waals surface area contributed by atoms with Crippen LogP contribution < -0.4 is 19.7 Å². The SMILES string of the molecule is CC1CCCN(c2ncnc(Nc3ccc4c(c3)OCCO4)c2[N+](=O)[O-])C1. The normalized spacial score (nSPS) is 18.9. The molecule has 1 saturated heterocycles. The van der Waals surface area contributed by atoms with E-state index >= 15 is 0 Å². The summed E-state index contributed by atoms with van der Waals surface area (Å²) in [5.74, 6) is 2.27. The Kier molecular flexibility index (Phi) is 4.66. The first-order valence-corrected chi connectivity index (χ1v) is 9.03. The number of nitrogens with one attached hydrogen (secondary N) is 1. The van der Waals surface area contributed by atoms with Crippen molar-refractivity contribution in [2.24, 2.45) is 5.92 Å². The molecule has 2 aromatic rings. The molecule has 0 bridgehead atoms. The number of fused-ring (bicyclic) bond motifs is 1. The van der Waals surface area contributed by atoms with E-state index < -0.39 is 4.92 Å². The van der Waals surface area contributed by atoms with E-state index in [9.17, 15) is 10.1 Å². The van der Waals surface area contributed by atoms with Crippen LogP contribution in [0.4, 0.5) is 23.0 Å². The van der Waals surface area contributed by atoms with E-state index in [0.29, 0.717) is 42.1 Å². The predicted octanol–water partition coefficient (Wildman–Crippen LogP) is 3.14. The Morgan fingerprint density at radius 2 is 2.07 bits per heavy atom. The summed E-state index contributed by atoms with van der Waals surface area (Å²) in [6, 6.07) is 5.31. The molecule has 1 aromatic heterocycles. The molecule has 2 aliphatic rings. The lowest BCUT2D eigenvalue weighted by atomic mass is 10.0. The van der Waals surface area contributed by atoms with Crippen molar-refractivity contribution in [2.75, 3.05) is 36.5 Å². The van der Waals surface area contributed by atoms with Crippen LogP contribution in [0.2, 0.25) is 0 Å². The summed E-state index contributed by atoms with van der Waals surface area (Å²) in [6.07, 6.45) is 3.48. The van der Waals surface area contributed by atoms with Crippen molar-refractivity contribution in [2.45, 2.75) is 19.8 Å². The number of piperidine rings is 1. The highest BCUT2D eigenvalue weighted by molar-refractivity contribution is 5.75. The molecule has 27 heavy (non-hydrogen) atoms. The number of anilines is 3. The quantitative estimate of drug-likeness (QED) is 0.646. The summed E-state index contributed by atoms with van der Waals surface area (Å²) < 4.78 is 11.1. The van der Waals surface area contributed by atoms with Crippen LogP contribution in [0.5, 0.6) is 11.5 Å². The number of hydrogen-bond donors (Lipinski definition) is 1.